The van der Waals surface area contributed by atoms with Gasteiger partial charge in [-0.25, -0.2) is 4.79 Å². The largest absolute Gasteiger partial charge is 0.480 e. The Morgan fingerprint density at radius 2 is 1.39 bits per heavy atom. The molecule has 4 atom stereocenters. The number of carbonyl (C=O) groups is 5. The van der Waals surface area contributed by atoms with Crippen LogP contribution < -0.4 is 33.2 Å². The summed E-state index contributed by atoms with van der Waals surface area (Å²) in [5.41, 5.74) is 16.3. The van der Waals surface area contributed by atoms with Crippen LogP contribution in [-0.2, 0) is 24.0 Å². The average Bonchev–Trinajstić information content (AvgIpc) is 2.73. The maximum absolute atomic E-state index is 12.9. The Kier molecular flexibility index (Phi) is 15.1. The van der Waals surface area contributed by atoms with Crippen molar-refractivity contribution >= 4 is 42.2 Å². The number of thiol groups is 1. The first-order valence-electron chi connectivity index (χ1n) is 10.9. The second-order valence-corrected chi connectivity index (χ2v) is 8.59. The number of carbonyl (C=O) groups excluding carboxylic acids is 4. The first-order chi connectivity index (χ1) is 15.4. The van der Waals surface area contributed by atoms with E-state index in [-0.39, 0.29) is 37.4 Å². The van der Waals surface area contributed by atoms with E-state index in [9.17, 15) is 29.1 Å². The molecule has 33 heavy (non-hydrogen) atoms. The van der Waals surface area contributed by atoms with Gasteiger partial charge in [-0.1, -0.05) is 13.8 Å². The third kappa shape index (κ3) is 13.0. The monoisotopic (exact) mass is 490 g/mol. The van der Waals surface area contributed by atoms with Crippen molar-refractivity contribution in [2.75, 3.05) is 12.3 Å². The van der Waals surface area contributed by atoms with Gasteiger partial charge < -0.3 is 38.3 Å². The Hall–Kier alpha value is -2.38. The molecule has 10 N–H and O–H groups in total. The van der Waals surface area contributed by atoms with Crippen LogP contribution in [-0.4, -0.2) is 71.2 Å². The summed E-state index contributed by atoms with van der Waals surface area (Å²) in [7, 11) is 0. The number of unbranched alkanes of at least 4 members (excludes halogenated alkanes) is 1. The molecule has 12 nitrogen and oxygen atoms in total. The zero-order valence-corrected chi connectivity index (χ0v) is 20.1. The molecule has 0 rings (SSSR count). The number of aliphatic carboxylic acids is 1. The van der Waals surface area contributed by atoms with E-state index in [1.165, 1.54) is 0 Å². The zero-order valence-electron chi connectivity index (χ0n) is 19.2. The number of carboxylic acids is 1. The molecule has 190 valence electrons. The standard InChI is InChI=1S/C20H38N6O6S/c1-11(2)9-15(20(31)32)26-19(30)14(6-7-16(23)27)25-18(29)13(5-3-4-8-21)24-17(28)12(22)10-33/h11-15,33H,3-10,21-22H2,1-2H3,(H2,23,27)(H,24,28)(H,25,29)(H,26,30)(H,31,32). The molecule has 0 heterocycles. The number of nitrogens with two attached hydrogens (primary N) is 3. The molecule has 0 spiro atoms. The molecule has 0 aliphatic carbocycles. The number of nitrogens with one attached hydrogen (secondary N) is 3. The lowest BCUT2D eigenvalue weighted by molar-refractivity contribution is -0.143. The van der Waals surface area contributed by atoms with Crippen LogP contribution in [0.1, 0.15) is 52.4 Å². The van der Waals surface area contributed by atoms with Crippen LogP contribution in [0.5, 0.6) is 0 Å². The van der Waals surface area contributed by atoms with Gasteiger partial charge in [0.05, 0.1) is 6.04 Å². The van der Waals surface area contributed by atoms with Crippen LogP contribution in [0.4, 0.5) is 0 Å². The van der Waals surface area contributed by atoms with Crippen molar-refractivity contribution in [1.82, 2.24) is 16.0 Å². The lowest BCUT2D eigenvalue weighted by Crippen LogP contribution is -2.57. The Labute approximate surface area is 199 Å². The number of amides is 4. The summed E-state index contributed by atoms with van der Waals surface area (Å²) >= 11 is 3.97. The van der Waals surface area contributed by atoms with Gasteiger partial charge in [0, 0.05) is 12.2 Å². The topological polar surface area (TPSA) is 220 Å². The quantitative estimate of drug-likeness (QED) is 0.0858. The normalized spacial score (nSPS) is 14.6. The Morgan fingerprint density at radius 1 is 0.879 bits per heavy atom. The molecular weight excluding hydrogens is 452 g/mol. The second-order valence-electron chi connectivity index (χ2n) is 8.23. The molecule has 0 aliphatic rings. The van der Waals surface area contributed by atoms with Gasteiger partial charge in [-0.2, -0.15) is 12.6 Å². The summed E-state index contributed by atoms with van der Waals surface area (Å²) in [6, 6.07) is -4.34. The number of hydrogen-bond acceptors (Lipinski definition) is 8. The molecule has 0 saturated heterocycles. The van der Waals surface area contributed by atoms with Gasteiger partial charge in [0.2, 0.25) is 23.6 Å². The maximum atomic E-state index is 12.9. The van der Waals surface area contributed by atoms with Crippen LogP contribution in [0.15, 0.2) is 0 Å². The summed E-state index contributed by atoms with van der Waals surface area (Å²) in [6.07, 6.45) is 1.20. The van der Waals surface area contributed by atoms with E-state index in [4.69, 9.17) is 17.2 Å². The van der Waals surface area contributed by atoms with Gasteiger partial charge in [0.15, 0.2) is 0 Å². The van der Waals surface area contributed by atoms with Crippen LogP contribution in [0, 0.1) is 5.92 Å². The Bertz CT molecular complexity index is 677. The van der Waals surface area contributed by atoms with Crippen molar-refractivity contribution < 1.29 is 29.1 Å². The first kappa shape index (κ1) is 30.6. The van der Waals surface area contributed by atoms with Crippen molar-refractivity contribution in [3.05, 3.63) is 0 Å². The Balaban J connectivity index is 5.52. The predicted octanol–water partition coefficient (Wildman–Crippen LogP) is -1.78. The fraction of sp³-hybridized carbons (Fsp3) is 0.750. The van der Waals surface area contributed by atoms with Crippen LogP contribution in [0.2, 0.25) is 0 Å². The molecule has 4 unspecified atom stereocenters. The molecule has 0 aliphatic heterocycles. The average molecular weight is 491 g/mol. The van der Waals surface area contributed by atoms with Gasteiger partial charge in [-0.3, -0.25) is 19.2 Å². The highest BCUT2D eigenvalue weighted by atomic mass is 32.1. The molecule has 0 radical (unpaired) electrons. The minimum absolute atomic E-state index is 0.0109. The zero-order chi connectivity index (χ0) is 25.6. The van der Waals surface area contributed by atoms with E-state index in [0.717, 1.165) is 0 Å². The molecular formula is C20H38N6O6S. The highest BCUT2D eigenvalue weighted by molar-refractivity contribution is 7.80. The molecule has 0 aromatic carbocycles. The van der Waals surface area contributed by atoms with Crippen LogP contribution >= 0.6 is 12.6 Å². The van der Waals surface area contributed by atoms with E-state index < -0.39 is 53.8 Å². The third-order valence-corrected chi connectivity index (χ3v) is 5.14. The molecule has 0 saturated carbocycles. The lowest BCUT2D eigenvalue weighted by Gasteiger charge is -2.25. The molecule has 0 aromatic rings. The first-order valence-corrected chi connectivity index (χ1v) is 11.5. The smallest absolute Gasteiger partial charge is 0.326 e. The van der Waals surface area contributed by atoms with Gasteiger partial charge in [-0.05, 0) is 44.6 Å². The van der Waals surface area contributed by atoms with E-state index in [0.29, 0.717) is 19.4 Å². The van der Waals surface area contributed by atoms with Gasteiger partial charge >= 0.3 is 5.97 Å². The highest BCUT2D eigenvalue weighted by Gasteiger charge is 2.30. The fourth-order valence-electron chi connectivity index (χ4n) is 2.92. The van der Waals surface area contributed by atoms with Gasteiger partial charge in [-0.15, -0.1) is 0 Å². The van der Waals surface area contributed by atoms with Crippen molar-refractivity contribution in [1.29, 1.82) is 0 Å². The lowest BCUT2D eigenvalue weighted by atomic mass is 10.0. The maximum Gasteiger partial charge on any atom is 0.326 e. The summed E-state index contributed by atoms with van der Waals surface area (Å²) in [5, 5.41) is 16.8. The molecule has 4 amide bonds. The van der Waals surface area contributed by atoms with Crippen molar-refractivity contribution in [3.63, 3.8) is 0 Å². The van der Waals surface area contributed by atoms with E-state index >= 15 is 0 Å². The number of carboxylic acid groups (broad SMARTS) is 1. The summed E-state index contributed by atoms with van der Waals surface area (Å²) in [4.78, 5) is 60.6. The molecule has 0 fully saturated rings. The summed E-state index contributed by atoms with van der Waals surface area (Å²) in [6.45, 7) is 4.01. The summed E-state index contributed by atoms with van der Waals surface area (Å²) in [5.74, 6) is -3.87. The predicted molar refractivity (Wildman–Crippen MR) is 126 cm³/mol. The van der Waals surface area contributed by atoms with Crippen LogP contribution in [0.3, 0.4) is 0 Å². The van der Waals surface area contributed by atoms with Crippen molar-refractivity contribution in [3.8, 4) is 0 Å². The number of rotatable bonds is 17. The van der Waals surface area contributed by atoms with Gasteiger partial charge in [0.1, 0.15) is 18.1 Å². The van der Waals surface area contributed by atoms with Gasteiger partial charge in [0.25, 0.3) is 0 Å². The minimum Gasteiger partial charge on any atom is -0.480 e. The van der Waals surface area contributed by atoms with Crippen molar-refractivity contribution in [2.45, 2.75) is 76.5 Å². The SMILES string of the molecule is CC(C)CC(NC(=O)C(CCC(N)=O)NC(=O)C(CCCCN)NC(=O)C(N)CS)C(=O)O. The third-order valence-electron chi connectivity index (χ3n) is 4.75. The highest BCUT2D eigenvalue weighted by Crippen LogP contribution is 2.08. The molecule has 0 bridgehead atoms. The Morgan fingerprint density at radius 3 is 1.85 bits per heavy atom. The van der Waals surface area contributed by atoms with Crippen molar-refractivity contribution in [2.24, 2.45) is 23.1 Å². The minimum atomic E-state index is -1.23. The number of hydrogen-bond donors (Lipinski definition) is 8. The van der Waals surface area contributed by atoms with E-state index in [2.05, 4.69) is 28.6 Å². The van der Waals surface area contributed by atoms with E-state index in [1.54, 1.807) is 13.8 Å². The molecule has 13 heteroatoms. The van der Waals surface area contributed by atoms with Crippen LogP contribution in [0.25, 0.3) is 0 Å². The second kappa shape index (κ2) is 16.3. The fourth-order valence-corrected chi connectivity index (χ4v) is 3.08. The summed E-state index contributed by atoms with van der Waals surface area (Å²) < 4.78 is 0. The van der Waals surface area contributed by atoms with E-state index in [1.807, 2.05) is 0 Å². The number of primary amides is 1. The molecule has 0 aromatic heterocycles.